The molecule has 3 aromatic rings. The fourth-order valence-electron chi connectivity index (χ4n) is 4.03. The van der Waals surface area contributed by atoms with Gasteiger partial charge in [-0.2, -0.15) is 0 Å². The lowest BCUT2D eigenvalue weighted by Crippen LogP contribution is -2.38. The normalized spacial score (nSPS) is 13.3. The minimum absolute atomic E-state index is 0.0101. The number of carbonyl (C=O) groups is 2. The Morgan fingerprint density at radius 2 is 1.69 bits per heavy atom. The zero-order chi connectivity index (χ0) is 22.8. The van der Waals surface area contributed by atoms with E-state index in [0.717, 1.165) is 22.4 Å². The van der Waals surface area contributed by atoms with Crippen LogP contribution in [0.5, 0.6) is 0 Å². The molecule has 0 unspecified atom stereocenters. The molecule has 0 saturated heterocycles. The van der Waals surface area contributed by atoms with Crippen LogP contribution in [-0.2, 0) is 9.59 Å². The van der Waals surface area contributed by atoms with Gasteiger partial charge in [-0.15, -0.1) is 0 Å². The number of fused-ring (bicyclic) bond motifs is 1. The van der Waals surface area contributed by atoms with Gasteiger partial charge in [0.1, 0.15) is 12.4 Å². The molecule has 0 bridgehead atoms. The number of aliphatic imine (C=N–C) groups is 1. The largest absolute Gasteiger partial charge is 0.324 e. The van der Waals surface area contributed by atoms with Gasteiger partial charge in [-0.3, -0.25) is 14.6 Å². The van der Waals surface area contributed by atoms with E-state index in [1.807, 2.05) is 45.0 Å². The number of para-hydroxylation sites is 2. The molecule has 0 fully saturated rings. The van der Waals surface area contributed by atoms with Gasteiger partial charge in [0.15, 0.2) is 0 Å². The lowest BCUT2D eigenvalue weighted by Gasteiger charge is -2.22. The summed E-state index contributed by atoms with van der Waals surface area (Å²) < 4.78 is 13.4. The van der Waals surface area contributed by atoms with Gasteiger partial charge in [0, 0.05) is 5.69 Å². The summed E-state index contributed by atoms with van der Waals surface area (Å²) in [6, 6.07) is 17.1. The molecule has 4 rings (SSSR count). The van der Waals surface area contributed by atoms with E-state index in [2.05, 4.69) is 10.3 Å². The molecule has 0 atom stereocenters. The molecule has 0 aromatic heterocycles. The van der Waals surface area contributed by atoms with Crippen molar-refractivity contribution >= 4 is 34.6 Å². The molecule has 5 nitrogen and oxygen atoms in total. The Kier molecular flexibility index (Phi) is 5.86. The number of nitrogens with zero attached hydrogens (tertiary/aromatic N) is 2. The van der Waals surface area contributed by atoms with Crippen LogP contribution in [0.1, 0.15) is 28.7 Å². The predicted octanol–water partition coefficient (Wildman–Crippen LogP) is 5.25. The second kappa shape index (κ2) is 8.75. The van der Waals surface area contributed by atoms with Crippen LogP contribution in [0.3, 0.4) is 0 Å². The van der Waals surface area contributed by atoms with Crippen LogP contribution in [-0.4, -0.2) is 24.1 Å². The van der Waals surface area contributed by atoms with E-state index in [4.69, 9.17) is 0 Å². The van der Waals surface area contributed by atoms with Crippen molar-refractivity contribution in [3.63, 3.8) is 0 Å². The molecule has 6 heteroatoms. The summed E-state index contributed by atoms with van der Waals surface area (Å²) in [5.74, 6) is -0.881. The average molecular weight is 429 g/mol. The zero-order valence-corrected chi connectivity index (χ0v) is 18.3. The van der Waals surface area contributed by atoms with Crippen molar-refractivity contribution in [2.45, 2.75) is 27.2 Å². The van der Waals surface area contributed by atoms with Gasteiger partial charge in [0.05, 0.1) is 23.5 Å². The zero-order valence-electron chi connectivity index (χ0n) is 18.3. The van der Waals surface area contributed by atoms with E-state index < -0.39 is 0 Å². The highest BCUT2D eigenvalue weighted by molar-refractivity contribution is 6.19. The number of hydrogen-bond acceptors (Lipinski definition) is 3. The molecule has 0 aliphatic carbocycles. The predicted molar refractivity (Wildman–Crippen MR) is 125 cm³/mol. The third-order valence-electron chi connectivity index (χ3n) is 5.47. The molecule has 1 aliphatic heterocycles. The molecule has 1 N–H and O–H groups in total. The number of amides is 2. The SMILES string of the molecule is Cc1cc(C)c(NC(=O)CN2C(=O)CC(c3ccc(F)cc3)=Nc3ccccc32)c(C)c1. The number of halogens is 1. The topological polar surface area (TPSA) is 61.8 Å². The highest BCUT2D eigenvalue weighted by atomic mass is 19.1. The molecule has 0 saturated carbocycles. The molecule has 32 heavy (non-hydrogen) atoms. The third kappa shape index (κ3) is 4.44. The van der Waals surface area contributed by atoms with Crippen LogP contribution in [0.25, 0.3) is 0 Å². The highest BCUT2D eigenvalue weighted by Crippen LogP contribution is 2.33. The summed E-state index contributed by atoms with van der Waals surface area (Å²) in [4.78, 5) is 32.3. The first-order valence-corrected chi connectivity index (χ1v) is 10.4. The summed E-state index contributed by atoms with van der Waals surface area (Å²) in [6.45, 7) is 5.78. The third-order valence-corrected chi connectivity index (χ3v) is 5.47. The molecular weight excluding hydrogens is 405 g/mol. The lowest BCUT2D eigenvalue weighted by atomic mass is 10.1. The number of aryl methyl sites for hydroxylation is 3. The van der Waals surface area contributed by atoms with Gasteiger partial charge in [0.2, 0.25) is 11.8 Å². The first kappa shape index (κ1) is 21.4. The molecule has 3 aromatic carbocycles. The fourth-order valence-corrected chi connectivity index (χ4v) is 4.03. The first-order valence-electron chi connectivity index (χ1n) is 10.4. The van der Waals surface area contributed by atoms with E-state index in [-0.39, 0.29) is 30.6 Å². The summed E-state index contributed by atoms with van der Waals surface area (Å²) in [5, 5.41) is 2.96. The molecule has 0 radical (unpaired) electrons. The van der Waals surface area contributed by atoms with Gasteiger partial charge >= 0.3 is 0 Å². The number of rotatable bonds is 4. The van der Waals surface area contributed by atoms with Crippen molar-refractivity contribution in [3.05, 3.63) is 88.7 Å². The lowest BCUT2D eigenvalue weighted by molar-refractivity contribution is -0.120. The van der Waals surface area contributed by atoms with Crippen molar-refractivity contribution in [1.29, 1.82) is 0 Å². The Balaban J connectivity index is 1.62. The Bertz CT molecular complexity index is 1210. The molecular formula is C26H24FN3O2. The van der Waals surface area contributed by atoms with Crippen molar-refractivity contribution in [1.82, 2.24) is 0 Å². The van der Waals surface area contributed by atoms with Crippen LogP contribution in [0.2, 0.25) is 0 Å². The minimum atomic E-state index is -0.352. The first-order chi connectivity index (χ1) is 15.3. The standard InChI is InChI=1S/C26H24FN3O2/c1-16-12-17(2)26(18(3)13-16)29-24(31)15-30-23-7-5-4-6-21(23)28-22(14-25(30)32)19-8-10-20(27)11-9-19/h4-13H,14-15H2,1-3H3,(H,29,31). The Labute approximate surface area is 186 Å². The summed E-state index contributed by atoms with van der Waals surface area (Å²) in [7, 11) is 0. The Morgan fingerprint density at radius 3 is 2.38 bits per heavy atom. The van der Waals surface area contributed by atoms with Crippen LogP contribution < -0.4 is 10.2 Å². The van der Waals surface area contributed by atoms with E-state index in [0.29, 0.717) is 22.6 Å². The van der Waals surface area contributed by atoms with Crippen molar-refractivity contribution in [3.8, 4) is 0 Å². The number of nitrogens with one attached hydrogen (secondary N) is 1. The van der Waals surface area contributed by atoms with E-state index >= 15 is 0 Å². The maximum atomic E-state index is 13.4. The molecule has 1 aliphatic rings. The Morgan fingerprint density at radius 1 is 1.03 bits per heavy atom. The van der Waals surface area contributed by atoms with Crippen molar-refractivity contribution in [2.24, 2.45) is 4.99 Å². The van der Waals surface area contributed by atoms with Gasteiger partial charge in [0.25, 0.3) is 0 Å². The number of hydrogen-bond donors (Lipinski definition) is 1. The quantitative estimate of drug-likeness (QED) is 0.616. The van der Waals surface area contributed by atoms with Gasteiger partial charge < -0.3 is 10.2 Å². The molecule has 162 valence electrons. The summed E-state index contributed by atoms with van der Waals surface area (Å²) in [6.07, 6.45) is 0.0101. The van der Waals surface area contributed by atoms with Crippen molar-refractivity contribution < 1.29 is 14.0 Å². The highest BCUT2D eigenvalue weighted by Gasteiger charge is 2.27. The maximum absolute atomic E-state index is 13.4. The van der Waals surface area contributed by atoms with E-state index in [9.17, 15) is 14.0 Å². The average Bonchev–Trinajstić information content (AvgIpc) is 2.88. The monoisotopic (exact) mass is 429 g/mol. The number of carbonyl (C=O) groups excluding carboxylic acids is 2. The maximum Gasteiger partial charge on any atom is 0.244 e. The van der Waals surface area contributed by atoms with Gasteiger partial charge in [-0.25, -0.2) is 4.39 Å². The Hall–Kier alpha value is -3.80. The van der Waals surface area contributed by atoms with Crippen LogP contribution in [0.4, 0.5) is 21.5 Å². The molecule has 2 amide bonds. The minimum Gasteiger partial charge on any atom is -0.324 e. The fraction of sp³-hybridized carbons (Fsp3) is 0.192. The smallest absolute Gasteiger partial charge is 0.244 e. The van der Waals surface area contributed by atoms with Crippen LogP contribution in [0.15, 0.2) is 65.7 Å². The molecule has 0 spiro atoms. The second-order valence-electron chi connectivity index (χ2n) is 8.03. The number of benzene rings is 3. The molecule has 1 heterocycles. The van der Waals surface area contributed by atoms with Crippen LogP contribution in [0, 0.1) is 26.6 Å². The number of anilines is 2. The summed E-state index contributed by atoms with van der Waals surface area (Å²) >= 11 is 0. The summed E-state index contributed by atoms with van der Waals surface area (Å²) in [5.41, 5.74) is 6.21. The van der Waals surface area contributed by atoms with E-state index in [1.165, 1.54) is 17.0 Å². The van der Waals surface area contributed by atoms with Gasteiger partial charge in [-0.05, 0) is 61.7 Å². The van der Waals surface area contributed by atoms with Crippen LogP contribution >= 0.6 is 0 Å². The van der Waals surface area contributed by atoms with Gasteiger partial charge in [-0.1, -0.05) is 42.0 Å². The second-order valence-corrected chi connectivity index (χ2v) is 8.03. The van der Waals surface area contributed by atoms with E-state index in [1.54, 1.807) is 24.3 Å². The van der Waals surface area contributed by atoms with Crippen molar-refractivity contribution in [2.75, 3.05) is 16.8 Å².